The highest BCUT2D eigenvalue weighted by molar-refractivity contribution is 7.99. The number of hydrogen-bond donors (Lipinski definition) is 1. The minimum atomic E-state index is -0.297. The molecule has 0 aromatic heterocycles. The second-order valence-corrected chi connectivity index (χ2v) is 5.92. The molecule has 0 bridgehead atoms. The molecule has 1 heterocycles. The van der Waals surface area contributed by atoms with Crippen molar-refractivity contribution in [1.29, 1.82) is 0 Å². The molecule has 2 atom stereocenters. The number of nitrogens with one attached hydrogen (secondary N) is 1. The standard InChI is InChI=1S/C12H13Cl2NO2S/c1-17-12(16)11-6-18-5-10(15-11)8-4-7(13)2-3-9(8)14/h2-4,10-11,15H,5-6H2,1H3. The van der Waals surface area contributed by atoms with E-state index < -0.39 is 0 Å². The third-order valence-corrected chi connectivity index (χ3v) is 4.51. The predicted octanol–water partition coefficient (Wildman–Crippen LogP) is 2.91. The van der Waals surface area contributed by atoms with Crippen LogP contribution in [0.1, 0.15) is 11.6 Å². The molecule has 0 saturated carbocycles. The molecule has 1 N–H and O–H groups in total. The lowest BCUT2D eigenvalue weighted by Crippen LogP contribution is -2.45. The van der Waals surface area contributed by atoms with Gasteiger partial charge in [-0.3, -0.25) is 10.1 Å². The van der Waals surface area contributed by atoms with Crippen molar-refractivity contribution in [2.24, 2.45) is 0 Å². The smallest absolute Gasteiger partial charge is 0.323 e. The number of methoxy groups -OCH3 is 1. The van der Waals surface area contributed by atoms with Crippen molar-refractivity contribution in [2.75, 3.05) is 18.6 Å². The van der Waals surface area contributed by atoms with Gasteiger partial charge in [0.25, 0.3) is 0 Å². The van der Waals surface area contributed by atoms with E-state index in [1.54, 1.807) is 23.9 Å². The van der Waals surface area contributed by atoms with E-state index in [-0.39, 0.29) is 18.1 Å². The third kappa shape index (κ3) is 3.12. The van der Waals surface area contributed by atoms with Crippen LogP contribution in [0.4, 0.5) is 0 Å². The SMILES string of the molecule is COC(=O)C1CSCC(c2cc(Cl)ccc2Cl)N1. The van der Waals surface area contributed by atoms with Crippen LogP contribution in [-0.2, 0) is 9.53 Å². The van der Waals surface area contributed by atoms with Gasteiger partial charge in [0, 0.05) is 27.6 Å². The van der Waals surface area contributed by atoms with Crippen molar-refractivity contribution in [1.82, 2.24) is 5.32 Å². The molecule has 1 aromatic carbocycles. The lowest BCUT2D eigenvalue weighted by Gasteiger charge is -2.29. The Labute approximate surface area is 120 Å². The molecule has 0 radical (unpaired) electrons. The molecule has 1 aliphatic rings. The fraction of sp³-hybridized carbons (Fsp3) is 0.417. The van der Waals surface area contributed by atoms with Gasteiger partial charge < -0.3 is 4.74 Å². The molecule has 18 heavy (non-hydrogen) atoms. The average molecular weight is 306 g/mol. The summed E-state index contributed by atoms with van der Waals surface area (Å²) in [6.45, 7) is 0. The second kappa shape index (κ2) is 6.15. The number of thioether (sulfide) groups is 1. The summed E-state index contributed by atoms with van der Waals surface area (Å²) in [5, 5.41) is 4.55. The van der Waals surface area contributed by atoms with Gasteiger partial charge in [0.15, 0.2) is 0 Å². The van der Waals surface area contributed by atoms with Crippen LogP contribution in [0.25, 0.3) is 0 Å². The first-order chi connectivity index (χ1) is 8.61. The number of ether oxygens (including phenoxy) is 1. The van der Waals surface area contributed by atoms with Gasteiger partial charge in [-0.05, 0) is 23.8 Å². The summed E-state index contributed by atoms with van der Waals surface area (Å²) in [6.07, 6.45) is 0. The summed E-state index contributed by atoms with van der Waals surface area (Å²) in [7, 11) is 1.39. The van der Waals surface area contributed by atoms with Crippen molar-refractivity contribution in [3.05, 3.63) is 33.8 Å². The number of halogens is 2. The fourth-order valence-electron chi connectivity index (χ4n) is 1.88. The Morgan fingerprint density at radius 3 is 2.94 bits per heavy atom. The predicted molar refractivity (Wildman–Crippen MR) is 75.5 cm³/mol. The molecule has 1 saturated heterocycles. The summed E-state index contributed by atoms with van der Waals surface area (Å²) in [4.78, 5) is 11.5. The molecule has 0 spiro atoms. The molecule has 1 aliphatic heterocycles. The Kier molecular flexibility index (Phi) is 4.78. The van der Waals surface area contributed by atoms with E-state index in [1.165, 1.54) is 7.11 Å². The maximum atomic E-state index is 11.5. The van der Waals surface area contributed by atoms with Crippen LogP contribution < -0.4 is 5.32 Å². The Bertz CT molecular complexity index is 456. The Morgan fingerprint density at radius 2 is 2.22 bits per heavy atom. The number of carbonyl (C=O) groups excluding carboxylic acids is 1. The molecule has 98 valence electrons. The highest BCUT2D eigenvalue weighted by atomic mass is 35.5. The molecule has 3 nitrogen and oxygen atoms in total. The third-order valence-electron chi connectivity index (χ3n) is 2.79. The molecule has 2 rings (SSSR count). The van der Waals surface area contributed by atoms with Gasteiger partial charge >= 0.3 is 5.97 Å². The zero-order chi connectivity index (χ0) is 13.1. The van der Waals surface area contributed by atoms with Gasteiger partial charge in [0.05, 0.1) is 7.11 Å². The first kappa shape index (κ1) is 14.0. The van der Waals surface area contributed by atoms with Crippen LogP contribution in [0.3, 0.4) is 0 Å². The molecule has 2 unspecified atom stereocenters. The number of rotatable bonds is 2. The number of hydrogen-bond acceptors (Lipinski definition) is 4. The van der Waals surface area contributed by atoms with E-state index in [0.717, 1.165) is 11.3 Å². The highest BCUT2D eigenvalue weighted by Crippen LogP contribution is 2.31. The van der Waals surface area contributed by atoms with E-state index in [0.29, 0.717) is 15.8 Å². The van der Waals surface area contributed by atoms with E-state index >= 15 is 0 Å². The number of carbonyl (C=O) groups is 1. The topological polar surface area (TPSA) is 38.3 Å². The number of esters is 1. The second-order valence-electron chi connectivity index (χ2n) is 4.00. The van der Waals surface area contributed by atoms with Crippen molar-refractivity contribution in [2.45, 2.75) is 12.1 Å². The van der Waals surface area contributed by atoms with Gasteiger partial charge in [-0.25, -0.2) is 0 Å². The molecule has 0 aliphatic carbocycles. The Hall–Kier alpha value is -0.420. The van der Waals surface area contributed by atoms with E-state index in [9.17, 15) is 4.79 Å². The summed E-state index contributed by atoms with van der Waals surface area (Å²) in [5.74, 6) is 1.32. The van der Waals surface area contributed by atoms with Crippen molar-refractivity contribution in [3.63, 3.8) is 0 Å². The van der Waals surface area contributed by atoms with Crippen LogP contribution in [0, 0.1) is 0 Å². The van der Waals surface area contributed by atoms with Gasteiger partial charge in [-0.1, -0.05) is 23.2 Å². The van der Waals surface area contributed by atoms with Crippen LogP contribution in [0.5, 0.6) is 0 Å². The van der Waals surface area contributed by atoms with Gasteiger partial charge in [0.1, 0.15) is 6.04 Å². The van der Waals surface area contributed by atoms with E-state index in [4.69, 9.17) is 27.9 Å². The van der Waals surface area contributed by atoms with Crippen molar-refractivity contribution in [3.8, 4) is 0 Å². The van der Waals surface area contributed by atoms with Crippen molar-refractivity contribution < 1.29 is 9.53 Å². The fourth-order valence-corrected chi connectivity index (χ4v) is 3.43. The molecule has 6 heteroatoms. The number of benzene rings is 1. The first-order valence-electron chi connectivity index (χ1n) is 5.48. The zero-order valence-electron chi connectivity index (χ0n) is 9.78. The molecule has 1 aromatic rings. The maximum Gasteiger partial charge on any atom is 0.323 e. The van der Waals surface area contributed by atoms with E-state index in [2.05, 4.69) is 5.32 Å². The molecular formula is C12H13Cl2NO2S. The molecular weight excluding hydrogens is 293 g/mol. The lowest BCUT2D eigenvalue weighted by atomic mass is 10.1. The highest BCUT2D eigenvalue weighted by Gasteiger charge is 2.29. The summed E-state index contributed by atoms with van der Waals surface area (Å²) in [5.41, 5.74) is 0.922. The summed E-state index contributed by atoms with van der Waals surface area (Å²) in [6, 6.07) is 5.07. The molecule has 0 amide bonds. The van der Waals surface area contributed by atoms with Gasteiger partial charge in [-0.15, -0.1) is 0 Å². The summed E-state index contributed by atoms with van der Waals surface area (Å²) >= 11 is 13.8. The lowest BCUT2D eigenvalue weighted by molar-refractivity contribution is -0.142. The van der Waals surface area contributed by atoms with Crippen LogP contribution in [-0.4, -0.2) is 30.6 Å². The van der Waals surface area contributed by atoms with Crippen molar-refractivity contribution >= 4 is 40.9 Å². The quantitative estimate of drug-likeness (QED) is 0.853. The minimum Gasteiger partial charge on any atom is -0.468 e. The van der Waals surface area contributed by atoms with Crippen LogP contribution in [0.15, 0.2) is 18.2 Å². The summed E-state index contributed by atoms with van der Waals surface area (Å²) < 4.78 is 4.75. The minimum absolute atomic E-state index is 0.0130. The Balaban J connectivity index is 2.18. The molecule has 1 fully saturated rings. The largest absolute Gasteiger partial charge is 0.468 e. The normalized spacial score (nSPS) is 23.7. The Morgan fingerprint density at radius 1 is 1.44 bits per heavy atom. The van der Waals surface area contributed by atoms with Gasteiger partial charge in [-0.2, -0.15) is 11.8 Å². The average Bonchev–Trinajstić information content (AvgIpc) is 2.40. The van der Waals surface area contributed by atoms with Crippen LogP contribution >= 0.6 is 35.0 Å². The maximum absolute atomic E-state index is 11.5. The monoisotopic (exact) mass is 305 g/mol. The van der Waals surface area contributed by atoms with Gasteiger partial charge in [0.2, 0.25) is 0 Å². The van der Waals surface area contributed by atoms with E-state index in [1.807, 2.05) is 6.07 Å². The van der Waals surface area contributed by atoms with Crippen LogP contribution in [0.2, 0.25) is 10.0 Å². The zero-order valence-corrected chi connectivity index (χ0v) is 12.1. The first-order valence-corrected chi connectivity index (χ1v) is 7.39.